The summed E-state index contributed by atoms with van der Waals surface area (Å²) < 4.78 is 0. The molecular formula is C8H11N3O2. The number of rotatable bonds is 2. The first-order valence-electron chi connectivity index (χ1n) is 3.95. The molecule has 0 aromatic carbocycles. The van der Waals surface area contributed by atoms with E-state index in [1.165, 1.54) is 6.20 Å². The van der Waals surface area contributed by atoms with Crippen molar-refractivity contribution in [2.45, 2.75) is 19.9 Å². The monoisotopic (exact) mass is 181 g/mol. The number of nitrogens with zero attached hydrogens (tertiary/aromatic N) is 1. The van der Waals surface area contributed by atoms with Gasteiger partial charge in [-0.05, 0) is 13.8 Å². The van der Waals surface area contributed by atoms with Gasteiger partial charge in [-0.3, -0.25) is 9.59 Å². The van der Waals surface area contributed by atoms with E-state index >= 15 is 0 Å². The van der Waals surface area contributed by atoms with Gasteiger partial charge in [0.25, 0.3) is 11.5 Å². The quantitative estimate of drug-likeness (QED) is 0.669. The average Bonchev–Trinajstić information content (AvgIpc) is 2.04. The van der Waals surface area contributed by atoms with Crippen molar-refractivity contribution in [3.8, 4) is 0 Å². The highest BCUT2D eigenvalue weighted by Gasteiger charge is 2.07. The van der Waals surface area contributed by atoms with E-state index in [0.29, 0.717) is 0 Å². The summed E-state index contributed by atoms with van der Waals surface area (Å²) in [6.07, 6.45) is 2.37. The average molecular weight is 181 g/mol. The van der Waals surface area contributed by atoms with Crippen LogP contribution in [0.3, 0.4) is 0 Å². The van der Waals surface area contributed by atoms with E-state index in [0.717, 1.165) is 6.20 Å². The van der Waals surface area contributed by atoms with E-state index in [9.17, 15) is 9.59 Å². The van der Waals surface area contributed by atoms with Crippen molar-refractivity contribution in [2.24, 2.45) is 0 Å². The van der Waals surface area contributed by atoms with Gasteiger partial charge in [0.1, 0.15) is 5.69 Å². The van der Waals surface area contributed by atoms with Gasteiger partial charge in [-0.15, -0.1) is 0 Å². The fraction of sp³-hybridized carbons (Fsp3) is 0.375. The van der Waals surface area contributed by atoms with E-state index in [1.807, 2.05) is 13.8 Å². The third kappa shape index (κ3) is 2.70. The molecule has 0 aliphatic heterocycles. The van der Waals surface area contributed by atoms with E-state index in [4.69, 9.17) is 0 Å². The smallest absolute Gasteiger partial charge is 0.271 e. The van der Waals surface area contributed by atoms with Crippen LogP contribution in [-0.4, -0.2) is 21.9 Å². The van der Waals surface area contributed by atoms with E-state index in [-0.39, 0.29) is 23.2 Å². The van der Waals surface area contributed by atoms with Crippen molar-refractivity contribution < 1.29 is 4.79 Å². The van der Waals surface area contributed by atoms with Gasteiger partial charge in [0, 0.05) is 12.2 Å². The Hall–Kier alpha value is -1.65. The van der Waals surface area contributed by atoms with Crippen molar-refractivity contribution in [1.82, 2.24) is 15.3 Å². The van der Waals surface area contributed by atoms with Crippen LogP contribution in [0.25, 0.3) is 0 Å². The lowest BCUT2D eigenvalue weighted by Crippen LogP contribution is -2.31. The van der Waals surface area contributed by atoms with Crippen LogP contribution in [-0.2, 0) is 0 Å². The number of aromatic amines is 1. The minimum atomic E-state index is -0.318. The molecule has 0 aliphatic rings. The summed E-state index contributed by atoms with van der Waals surface area (Å²) >= 11 is 0. The summed E-state index contributed by atoms with van der Waals surface area (Å²) in [6.45, 7) is 3.70. The lowest BCUT2D eigenvalue weighted by atomic mass is 10.3. The zero-order chi connectivity index (χ0) is 9.84. The standard InChI is InChI=1S/C8H11N3O2/c1-5(2)11-8(13)6-3-10-7(12)4-9-6/h3-5H,1-2H3,(H,10,12)(H,11,13). The molecule has 0 atom stereocenters. The maximum atomic E-state index is 11.3. The van der Waals surface area contributed by atoms with Crippen molar-refractivity contribution in [1.29, 1.82) is 0 Å². The minimum absolute atomic E-state index is 0.0567. The Morgan fingerprint density at radius 2 is 2.31 bits per heavy atom. The molecule has 70 valence electrons. The Kier molecular flexibility index (Phi) is 2.79. The first kappa shape index (κ1) is 9.44. The number of nitrogens with one attached hydrogen (secondary N) is 2. The molecule has 1 aromatic heterocycles. The minimum Gasteiger partial charge on any atom is -0.348 e. The van der Waals surface area contributed by atoms with Crippen LogP contribution in [0.2, 0.25) is 0 Å². The van der Waals surface area contributed by atoms with E-state index in [1.54, 1.807) is 0 Å². The summed E-state index contributed by atoms with van der Waals surface area (Å²) in [6, 6.07) is 0.0567. The normalized spacial score (nSPS) is 10.1. The lowest BCUT2D eigenvalue weighted by Gasteiger charge is -2.06. The molecule has 0 unspecified atom stereocenters. The fourth-order valence-electron chi connectivity index (χ4n) is 0.802. The van der Waals surface area contributed by atoms with Gasteiger partial charge in [0.15, 0.2) is 0 Å². The van der Waals surface area contributed by atoms with Crippen LogP contribution in [0.1, 0.15) is 24.3 Å². The Balaban J connectivity index is 2.78. The predicted molar refractivity (Wildman–Crippen MR) is 47.5 cm³/mol. The van der Waals surface area contributed by atoms with Crippen molar-refractivity contribution >= 4 is 5.91 Å². The van der Waals surface area contributed by atoms with Gasteiger partial charge in [-0.2, -0.15) is 0 Å². The number of amides is 1. The fourth-order valence-corrected chi connectivity index (χ4v) is 0.802. The molecule has 5 nitrogen and oxygen atoms in total. The van der Waals surface area contributed by atoms with Crippen LogP contribution in [0.4, 0.5) is 0 Å². The summed E-state index contributed by atoms with van der Waals surface area (Å²) in [7, 11) is 0. The Morgan fingerprint density at radius 1 is 1.62 bits per heavy atom. The largest absolute Gasteiger partial charge is 0.348 e. The second-order valence-corrected chi connectivity index (χ2v) is 2.92. The van der Waals surface area contributed by atoms with Crippen LogP contribution >= 0.6 is 0 Å². The molecule has 0 aliphatic carbocycles. The summed E-state index contributed by atoms with van der Waals surface area (Å²) in [5, 5.41) is 2.66. The van der Waals surface area contributed by atoms with E-state index < -0.39 is 0 Å². The van der Waals surface area contributed by atoms with Gasteiger partial charge in [0.2, 0.25) is 0 Å². The van der Waals surface area contributed by atoms with Crippen LogP contribution in [0.15, 0.2) is 17.2 Å². The number of H-pyrrole nitrogens is 1. The Bertz CT molecular complexity index is 336. The zero-order valence-electron chi connectivity index (χ0n) is 7.50. The van der Waals surface area contributed by atoms with Crippen LogP contribution < -0.4 is 10.9 Å². The third-order valence-electron chi connectivity index (χ3n) is 1.32. The maximum Gasteiger partial charge on any atom is 0.271 e. The molecular weight excluding hydrogens is 170 g/mol. The van der Waals surface area contributed by atoms with Gasteiger partial charge in [-0.1, -0.05) is 0 Å². The SMILES string of the molecule is CC(C)NC(=O)c1c[nH]c(=O)cn1. The van der Waals surface area contributed by atoms with Gasteiger partial charge in [-0.25, -0.2) is 4.98 Å². The van der Waals surface area contributed by atoms with Gasteiger partial charge in [0.05, 0.1) is 6.20 Å². The molecule has 0 saturated carbocycles. The summed E-state index contributed by atoms with van der Waals surface area (Å²) in [5.41, 5.74) is -0.102. The molecule has 1 heterocycles. The number of carbonyl (C=O) groups excluding carboxylic acids is 1. The molecule has 0 saturated heterocycles. The molecule has 1 rings (SSSR count). The molecule has 0 radical (unpaired) electrons. The predicted octanol–water partition coefficient (Wildman–Crippen LogP) is -0.0919. The number of hydrogen-bond acceptors (Lipinski definition) is 3. The van der Waals surface area contributed by atoms with E-state index in [2.05, 4.69) is 15.3 Å². The summed E-state index contributed by atoms with van der Waals surface area (Å²) in [5.74, 6) is -0.286. The second-order valence-electron chi connectivity index (χ2n) is 2.92. The highest BCUT2D eigenvalue weighted by Crippen LogP contribution is 1.88. The van der Waals surface area contributed by atoms with Gasteiger partial charge >= 0.3 is 0 Å². The van der Waals surface area contributed by atoms with Crippen molar-refractivity contribution in [3.63, 3.8) is 0 Å². The molecule has 5 heteroatoms. The summed E-state index contributed by atoms with van der Waals surface area (Å²) in [4.78, 5) is 27.9. The molecule has 1 amide bonds. The maximum absolute atomic E-state index is 11.3. The van der Waals surface area contributed by atoms with Crippen LogP contribution in [0, 0.1) is 0 Å². The van der Waals surface area contributed by atoms with Gasteiger partial charge < -0.3 is 10.3 Å². The first-order valence-corrected chi connectivity index (χ1v) is 3.95. The highest BCUT2D eigenvalue weighted by atomic mass is 16.2. The van der Waals surface area contributed by atoms with Crippen molar-refractivity contribution in [2.75, 3.05) is 0 Å². The molecule has 2 N–H and O–H groups in total. The Morgan fingerprint density at radius 3 is 2.77 bits per heavy atom. The topological polar surface area (TPSA) is 74.8 Å². The molecule has 0 bridgehead atoms. The zero-order valence-corrected chi connectivity index (χ0v) is 7.50. The Labute approximate surface area is 75.2 Å². The third-order valence-corrected chi connectivity index (χ3v) is 1.32. The molecule has 1 aromatic rings. The lowest BCUT2D eigenvalue weighted by molar-refractivity contribution is 0.0937. The number of carbonyl (C=O) groups is 1. The second kappa shape index (κ2) is 3.84. The molecule has 0 spiro atoms. The first-order chi connectivity index (χ1) is 6.09. The molecule has 13 heavy (non-hydrogen) atoms. The highest BCUT2D eigenvalue weighted by molar-refractivity contribution is 5.91. The van der Waals surface area contributed by atoms with Crippen LogP contribution in [0.5, 0.6) is 0 Å². The number of aromatic nitrogens is 2. The number of hydrogen-bond donors (Lipinski definition) is 2. The molecule has 0 fully saturated rings. The van der Waals surface area contributed by atoms with Crippen molar-refractivity contribution in [3.05, 3.63) is 28.4 Å².